The zero-order valence-electron chi connectivity index (χ0n) is 9.51. The first-order valence-corrected chi connectivity index (χ1v) is 6.43. The second-order valence-corrected chi connectivity index (χ2v) is 4.85. The number of benzene rings is 1. The van der Waals surface area contributed by atoms with Gasteiger partial charge in [0.25, 0.3) is 0 Å². The average molecular weight is 248 g/mol. The molecule has 0 saturated carbocycles. The predicted molar refractivity (Wildman–Crippen MR) is 67.3 cm³/mol. The van der Waals surface area contributed by atoms with E-state index in [-0.39, 0.29) is 0 Å². The van der Waals surface area contributed by atoms with Crippen LogP contribution in [-0.2, 0) is 19.4 Å². The summed E-state index contributed by atoms with van der Waals surface area (Å²) in [5.74, 6) is 1.20. The van der Waals surface area contributed by atoms with E-state index >= 15 is 0 Å². The highest BCUT2D eigenvalue weighted by Crippen LogP contribution is 2.35. The maximum absolute atomic E-state index is 5.68. The monoisotopic (exact) mass is 247 g/mol. The van der Waals surface area contributed by atoms with E-state index in [2.05, 4.69) is 34.6 Å². The molecule has 1 aliphatic carbocycles. The highest BCUT2D eigenvalue weighted by molar-refractivity contribution is 6.17. The van der Waals surface area contributed by atoms with Gasteiger partial charge in [0.2, 0.25) is 0 Å². The molecular weight excluding hydrogens is 234 g/mol. The van der Waals surface area contributed by atoms with Gasteiger partial charge in [0.1, 0.15) is 0 Å². The molecule has 3 rings (SSSR count). The molecule has 1 aliphatic rings. The van der Waals surface area contributed by atoms with E-state index in [0.29, 0.717) is 11.8 Å². The van der Waals surface area contributed by atoms with Gasteiger partial charge < -0.3 is 0 Å². The number of halogens is 1. The minimum atomic E-state index is 0.594. The number of fused-ring (bicyclic) bond motifs is 1. The number of hydrogen-bond donors (Lipinski definition) is 0. The van der Waals surface area contributed by atoms with Crippen molar-refractivity contribution in [1.82, 2.24) is 15.0 Å². The Kier molecular flexibility index (Phi) is 2.85. The van der Waals surface area contributed by atoms with Gasteiger partial charge in [-0.2, -0.15) is 0 Å². The topological polar surface area (TPSA) is 30.7 Å². The predicted octanol–water partition coefficient (Wildman–Crippen LogP) is 2.40. The van der Waals surface area contributed by atoms with Crippen LogP contribution in [0.2, 0.25) is 0 Å². The quantitative estimate of drug-likeness (QED) is 0.777. The van der Waals surface area contributed by atoms with Crippen molar-refractivity contribution in [2.24, 2.45) is 0 Å². The van der Waals surface area contributed by atoms with Crippen molar-refractivity contribution in [3.05, 3.63) is 47.3 Å². The van der Waals surface area contributed by atoms with Gasteiger partial charge in [-0.1, -0.05) is 29.5 Å². The van der Waals surface area contributed by atoms with Gasteiger partial charge in [-0.3, -0.25) is 4.68 Å². The maximum Gasteiger partial charge on any atom is 0.0839 e. The molecule has 4 heteroatoms. The molecule has 1 heterocycles. The largest absolute Gasteiger partial charge is 0.252 e. The van der Waals surface area contributed by atoms with Gasteiger partial charge in [0, 0.05) is 31.0 Å². The second-order valence-electron chi connectivity index (χ2n) is 4.47. The van der Waals surface area contributed by atoms with E-state index in [4.69, 9.17) is 11.6 Å². The Morgan fingerprint density at radius 3 is 3.06 bits per heavy atom. The van der Waals surface area contributed by atoms with E-state index in [9.17, 15) is 0 Å². The molecule has 0 N–H and O–H groups in total. The fourth-order valence-corrected chi connectivity index (χ4v) is 2.58. The minimum absolute atomic E-state index is 0.594. The summed E-state index contributed by atoms with van der Waals surface area (Å²) in [5, 5.41) is 8.24. The van der Waals surface area contributed by atoms with Gasteiger partial charge in [-0.25, -0.2) is 0 Å². The molecule has 1 aromatic heterocycles. The van der Waals surface area contributed by atoms with Crippen molar-refractivity contribution < 1.29 is 0 Å². The zero-order valence-corrected chi connectivity index (χ0v) is 10.3. The number of hydrogen-bond acceptors (Lipinski definition) is 2. The van der Waals surface area contributed by atoms with Crippen molar-refractivity contribution in [2.45, 2.75) is 25.3 Å². The van der Waals surface area contributed by atoms with Crippen molar-refractivity contribution in [3.63, 3.8) is 0 Å². The molecule has 1 atom stereocenters. The van der Waals surface area contributed by atoms with Gasteiger partial charge in [-0.05, 0) is 17.5 Å². The number of aromatic nitrogens is 3. The van der Waals surface area contributed by atoms with Gasteiger partial charge in [-0.15, -0.1) is 16.7 Å². The highest BCUT2D eigenvalue weighted by atomic mass is 35.5. The van der Waals surface area contributed by atoms with Crippen LogP contribution in [0.5, 0.6) is 0 Å². The molecule has 0 saturated heterocycles. The molecule has 1 aromatic carbocycles. The second kappa shape index (κ2) is 4.49. The fourth-order valence-electron chi connectivity index (χ4n) is 2.39. The number of nitrogens with zero attached hydrogens (tertiary/aromatic N) is 3. The summed E-state index contributed by atoms with van der Waals surface area (Å²) in [7, 11) is 0. The summed E-state index contributed by atoms with van der Waals surface area (Å²) >= 11 is 5.68. The van der Waals surface area contributed by atoms with Crippen LogP contribution in [0.1, 0.15) is 22.7 Å². The SMILES string of the molecule is ClCCc1cn(CC2Cc3ccccc32)nn1. The first-order valence-electron chi connectivity index (χ1n) is 5.89. The Bertz CT molecular complexity index is 521. The van der Waals surface area contributed by atoms with E-state index in [1.54, 1.807) is 0 Å². The summed E-state index contributed by atoms with van der Waals surface area (Å²) in [5.41, 5.74) is 3.91. The number of rotatable bonds is 4. The highest BCUT2D eigenvalue weighted by Gasteiger charge is 2.25. The standard InChI is InChI=1S/C13H14ClN3/c14-6-5-12-9-17(16-15-12)8-11-7-10-3-1-2-4-13(10)11/h1-4,9,11H,5-8H2. The molecule has 17 heavy (non-hydrogen) atoms. The molecule has 1 unspecified atom stereocenters. The Morgan fingerprint density at radius 2 is 2.24 bits per heavy atom. The van der Waals surface area contributed by atoms with Crippen molar-refractivity contribution in [2.75, 3.05) is 5.88 Å². The van der Waals surface area contributed by atoms with Crippen molar-refractivity contribution in [1.29, 1.82) is 0 Å². The average Bonchev–Trinajstić information content (AvgIpc) is 2.74. The summed E-state index contributed by atoms with van der Waals surface area (Å²) in [6, 6.07) is 8.61. The molecule has 0 spiro atoms. The van der Waals surface area contributed by atoms with E-state index < -0.39 is 0 Å². The third-order valence-corrected chi connectivity index (χ3v) is 3.49. The summed E-state index contributed by atoms with van der Waals surface area (Å²) in [4.78, 5) is 0. The maximum atomic E-state index is 5.68. The van der Waals surface area contributed by atoms with Gasteiger partial charge in [0.05, 0.1) is 5.69 Å². The summed E-state index contributed by atoms with van der Waals surface area (Å²) in [6.45, 7) is 0.923. The third kappa shape index (κ3) is 2.07. The first kappa shape index (κ1) is 10.8. The molecule has 0 aliphatic heterocycles. The van der Waals surface area contributed by atoms with Crippen LogP contribution in [0, 0.1) is 0 Å². The van der Waals surface area contributed by atoms with Crippen LogP contribution in [0.4, 0.5) is 0 Å². The molecule has 88 valence electrons. The lowest BCUT2D eigenvalue weighted by atomic mass is 9.78. The van der Waals surface area contributed by atoms with Crippen LogP contribution in [0.25, 0.3) is 0 Å². The van der Waals surface area contributed by atoms with Crippen molar-refractivity contribution >= 4 is 11.6 Å². The number of alkyl halides is 1. The summed E-state index contributed by atoms with van der Waals surface area (Å²) < 4.78 is 1.93. The van der Waals surface area contributed by atoms with Crippen LogP contribution >= 0.6 is 11.6 Å². The minimum Gasteiger partial charge on any atom is -0.252 e. The normalized spacial score (nSPS) is 17.6. The van der Waals surface area contributed by atoms with Crippen LogP contribution in [-0.4, -0.2) is 20.9 Å². The Hall–Kier alpha value is -1.35. The first-order chi connectivity index (χ1) is 8.36. The molecule has 0 fully saturated rings. The fraction of sp³-hybridized carbons (Fsp3) is 0.385. The van der Waals surface area contributed by atoms with Gasteiger partial charge >= 0.3 is 0 Å². The smallest absolute Gasteiger partial charge is 0.0839 e. The lowest BCUT2D eigenvalue weighted by Crippen LogP contribution is -2.22. The lowest BCUT2D eigenvalue weighted by molar-refractivity contribution is 0.465. The Morgan fingerprint density at radius 1 is 1.35 bits per heavy atom. The molecule has 0 radical (unpaired) electrons. The lowest BCUT2D eigenvalue weighted by Gasteiger charge is -2.29. The van der Waals surface area contributed by atoms with E-state index in [0.717, 1.165) is 25.1 Å². The van der Waals surface area contributed by atoms with E-state index in [1.807, 2.05) is 10.9 Å². The van der Waals surface area contributed by atoms with Crippen LogP contribution < -0.4 is 0 Å². The van der Waals surface area contributed by atoms with Gasteiger partial charge in [0.15, 0.2) is 0 Å². The number of aryl methyl sites for hydroxylation is 1. The third-order valence-electron chi connectivity index (χ3n) is 3.31. The summed E-state index contributed by atoms with van der Waals surface area (Å²) in [6.07, 6.45) is 3.95. The van der Waals surface area contributed by atoms with Crippen LogP contribution in [0.3, 0.4) is 0 Å². The molecular formula is C13H14ClN3. The van der Waals surface area contributed by atoms with Crippen LogP contribution in [0.15, 0.2) is 30.5 Å². The van der Waals surface area contributed by atoms with Crippen molar-refractivity contribution in [3.8, 4) is 0 Å². The molecule has 0 bridgehead atoms. The molecule has 0 amide bonds. The molecule has 2 aromatic rings. The Balaban J connectivity index is 1.69. The van der Waals surface area contributed by atoms with E-state index in [1.165, 1.54) is 11.1 Å². The zero-order chi connectivity index (χ0) is 11.7. The molecule has 3 nitrogen and oxygen atoms in total. The Labute approximate surface area is 105 Å².